The number of hydrogen-bond acceptors (Lipinski definition) is 4. The lowest BCUT2D eigenvalue weighted by Gasteiger charge is -2.30. The quantitative estimate of drug-likeness (QED) is 0.257. The summed E-state index contributed by atoms with van der Waals surface area (Å²) in [5, 5.41) is 14.7. The van der Waals surface area contributed by atoms with Gasteiger partial charge in [-0.15, -0.1) is 0 Å². The van der Waals surface area contributed by atoms with Crippen molar-refractivity contribution in [1.29, 1.82) is 0 Å². The highest BCUT2D eigenvalue weighted by Crippen LogP contribution is 2.38. The van der Waals surface area contributed by atoms with Crippen LogP contribution in [0.3, 0.4) is 0 Å². The van der Waals surface area contributed by atoms with E-state index in [9.17, 15) is 14.7 Å². The third-order valence-electron chi connectivity index (χ3n) is 6.07. The van der Waals surface area contributed by atoms with Crippen LogP contribution in [-0.2, 0) is 9.53 Å². The van der Waals surface area contributed by atoms with Gasteiger partial charge in [-0.3, -0.25) is 4.79 Å². The number of phenols is 1. The molecule has 0 radical (unpaired) electrons. The highest BCUT2D eigenvalue weighted by atomic mass is 16.5. The van der Waals surface area contributed by atoms with E-state index in [0.29, 0.717) is 0 Å². The molecule has 4 aromatic carbocycles. The van der Waals surface area contributed by atoms with Gasteiger partial charge in [-0.2, -0.15) is 0 Å². The van der Waals surface area contributed by atoms with E-state index >= 15 is 0 Å². The Hall–Kier alpha value is -3.66. The Morgan fingerprint density at radius 1 is 0.794 bits per heavy atom. The molecule has 0 saturated carbocycles. The maximum atomic E-state index is 13.0. The number of aromatic hydroxyl groups is 1. The lowest BCUT2D eigenvalue weighted by atomic mass is 9.75. The Morgan fingerprint density at radius 2 is 1.35 bits per heavy atom. The second-order valence-electron chi connectivity index (χ2n) is 10.5. The lowest BCUT2D eigenvalue weighted by Crippen LogP contribution is -2.38. The molecular formula is C30H30O4. The Kier molecular flexibility index (Phi) is 5.94. The summed E-state index contributed by atoms with van der Waals surface area (Å²) >= 11 is 0. The number of carbonyl (C=O) groups is 2. The van der Waals surface area contributed by atoms with E-state index in [4.69, 9.17) is 4.74 Å². The maximum Gasteiger partial charge on any atom is 0.338 e. The van der Waals surface area contributed by atoms with Gasteiger partial charge in [0.15, 0.2) is 0 Å². The number of phenolic OH excluding ortho intramolecular Hbond substituents is 1. The molecule has 0 heterocycles. The number of esters is 1. The molecule has 174 valence electrons. The van der Waals surface area contributed by atoms with Crippen LogP contribution in [0.2, 0.25) is 0 Å². The molecule has 1 N–H and O–H groups in total. The van der Waals surface area contributed by atoms with Crippen LogP contribution in [0.15, 0.2) is 72.8 Å². The molecule has 0 saturated heterocycles. The average molecular weight is 455 g/mol. The normalized spacial score (nSPS) is 12.1. The minimum atomic E-state index is -0.820. The van der Waals surface area contributed by atoms with Crippen molar-refractivity contribution in [3.63, 3.8) is 0 Å². The lowest BCUT2D eigenvalue weighted by molar-refractivity contribution is -0.137. The summed E-state index contributed by atoms with van der Waals surface area (Å²) in [5.41, 5.74) is 0.556. The smallest absolute Gasteiger partial charge is 0.338 e. The molecule has 0 spiro atoms. The van der Waals surface area contributed by atoms with Crippen molar-refractivity contribution in [3.05, 3.63) is 78.4 Å². The fraction of sp³-hybridized carbons (Fsp3) is 0.267. The van der Waals surface area contributed by atoms with Gasteiger partial charge in [-0.1, -0.05) is 69.3 Å². The van der Waals surface area contributed by atoms with Gasteiger partial charge in [0.1, 0.15) is 18.1 Å². The highest BCUT2D eigenvalue weighted by molar-refractivity contribution is 6.13. The largest absolute Gasteiger partial charge is 0.508 e. The monoisotopic (exact) mass is 454 g/mol. The summed E-state index contributed by atoms with van der Waals surface area (Å²) in [5.74, 6) is -0.574. The second-order valence-corrected chi connectivity index (χ2v) is 10.5. The van der Waals surface area contributed by atoms with E-state index in [1.165, 1.54) is 6.07 Å². The van der Waals surface area contributed by atoms with Gasteiger partial charge < -0.3 is 9.84 Å². The SMILES string of the molecule is CC(C)(C)C(=O)C(C)(C)COC(=O)c1cc(O)cc(-c2c3ccccc3cc3ccccc23)c1. The number of rotatable bonds is 5. The van der Waals surface area contributed by atoms with Crippen LogP contribution in [0, 0.1) is 10.8 Å². The zero-order valence-corrected chi connectivity index (χ0v) is 20.3. The predicted octanol–water partition coefficient (Wildman–Crippen LogP) is 7.16. The first-order valence-electron chi connectivity index (χ1n) is 11.4. The molecule has 4 aromatic rings. The van der Waals surface area contributed by atoms with Crippen LogP contribution in [0.25, 0.3) is 32.7 Å². The van der Waals surface area contributed by atoms with Gasteiger partial charge >= 0.3 is 5.97 Å². The Morgan fingerprint density at radius 3 is 1.91 bits per heavy atom. The van der Waals surface area contributed by atoms with Crippen molar-refractivity contribution in [2.75, 3.05) is 6.61 Å². The van der Waals surface area contributed by atoms with Gasteiger partial charge in [-0.05, 0) is 70.8 Å². The van der Waals surface area contributed by atoms with Crippen molar-refractivity contribution in [2.45, 2.75) is 34.6 Å². The summed E-state index contributed by atoms with van der Waals surface area (Å²) in [6, 6.07) is 23.1. The summed E-state index contributed by atoms with van der Waals surface area (Å²) in [4.78, 5) is 25.7. The summed E-state index contributed by atoms with van der Waals surface area (Å²) in [6.07, 6.45) is 0. The number of ether oxygens (including phenoxy) is 1. The third-order valence-corrected chi connectivity index (χ3v) is 6.07. The van der Waals surface area contributed by atoms with E-state index in [1.807, 2.05) is 57.2 Å². The molecule has 0 fully saturated rings. The number of fused-ring (bicyclic) bond motifs is 2. The molecule has 0 unspecified atom stereocenters. The first-order valence-corrected chi connectivity index (χ1v) is 11.4. The molecule has 0 aromatic heterocycles. The van der Waals surface area contributed by atoms with Crippen LogP contribution in [-0.4, -0.2) is 23.5 Å². The van der Waals surface area contributed by atoms with Crippen LogP contribution in [0.4, 0.5) is 0 Å². The van der Waals surface area contributed by atoms with Crippen LogP contribution >= 0.6 is 0 Å². The number of Topliss-reactive ketones (excluding diaryl/α,β-unsaturated/α-hetero) is 1. The number of benzene rings is 4. The molecule has 4 heteroatoms. The maximum absolute atomic E-state index is 13.0. The Labute approximate surface area is 200 Å². The number of ketones is 1. The molecule has 0 aliphatic rings. The fourth-order valence-electron chi connectivity index (χ4n) is 4.61. The van der Waals surface area contributed by atoms with Crippen molar-refractivity contribution in [2.24, 2.45) is 10.8 Å². The second kappa shape index (κ2) is 8.60. The molecule has 0 amide bonds. The molecule has 0 aliphatic carbocycles. The van der Waals surface area contributed by atoms with Gasteiger partial charge in [-0.25, -0.2) is 4.79 Å². The Balaban J connectivity index is 1.74. The Bertz CT molecular complexity index is 1350. The predicted molar refractivity (Wildman–Crippen MR) is 137 cm³/mol. The highest BCUT2D eigenvalue weighted by Gasteiger charge is 2.37. The van der Waals surface area contributed by atoms with Crippen molar-refractivity contribution < 1.29 is 19.4 Å². The van der Waals surface area contributed by atoms with Crippen molar-refractivity contribution in [1.82, 2.24) is 0 Å². The minimum absolute atomic E-state index is 0.0200. The van der Waals surface area contributed by atoms with E-state index in [0.717, 1.165) is 32.7 Å². The van der Waals surface area contributed by atoms with E-state index in [2.05, 4.69) is 18.2 Å². The standard InChI is InChI=1S/C30H30O4/c1-29(2,3)28(33)30(4,5)18-34-27(32)22-15-21(16-23(31)17-22)26-24-12-8-6-10-19(24)14-20-11-7-9-13-25(20)26/h6-17,31H,18H2,1-5H3. The first-order chi connectivity index (χ1) is 16.0. The number of hydrogen-bond donors (Lipinski definition) is 1. The van der Waals surface area contributed by atoms with Crippen LogP contribution < -0.4 is 0 Å². The van der Waals surface area contributed by atoms with Crippen molar-refractivity contribution >= 4 is 33.3 Å². The minimum Gasteiger partial charge on any atom is -0.508 e. The zero-order chi connectivity index (χ0) is 24.7. The van der Waals surface area contributed by atoms with Gasteiger partial charge in [0.2, 0.25) is 0 Å². The van der Waals surface area contributed by atoms with Gasteiger partial charge in [0.25, 0.3) is 0 Å². The topological polar surface area (TPSA) is 63.6 Å². The van der Waals surface area contributed by atoms with Crippen LogP contribution in [0.1, 0.15) is 45.0 Å². The van der Waals surface area contributed by atoms with E-state index in [-0.39, 0.29) is 23.7 Å². The first kappa shape index (κ1) is 23.5. The van der Waals surface area contributed by atoms with Crippen LogP contribution in [0.5, 0.6) is 5.75 Å². The van der Waals surface area contributed by atoms with E-state index < -0.39 is 16.8 Å². The van der Waals surface area contributed by atoms with Gasteiger partial charge in [0.05, 0.1) is 11.0 Å². The van der Waals surface area contributed by atoms with E-state index in [1.54, 1.807) is 26.0 Å². The zero-order valence-electron chi connectivity index (χ0n) is 20.3. The van der Waals surface area contributed by atoms with Crippen molar-refractivity contribution in [3.8, 4) is 16.9 Å². The number of carbonyl (C=O) groups excluding carboxylic acids is 2. The average Bonchev–Trinajstić information content (AvgIpc) is 2.79. The fourth-order valence-corrected chi connectivity index (χ4v) is 4.61. The molecule has 0 aliphatic heterocycles. The van der Waals surface area contributed by atoms with Gasteiger partial charge in [0, 0.05) is 5.41 Å². The molecular weight excluding hydrogens is 424 g/mol. The summed E-state index contributed by atoms with van der Waals surface area (Å²) in [7, 11) is 0. The summed E-state index contributed by atoms with van der Waals surface area (Å²) in [6.45, 7) is 9.09. The molecule has 0 atom stereocenters. The summed E-state index contributed by atoms with van der Waals surface area (Å²) < 4.78 is 5.56. The molecule has 4 rings (SSSR count). The molecule has 4 nitrogen and oxygen atoms in total. The molecule has 34 heavy (non-hydrogen) atoms. The third kappa shape index (κ3) is 4.54. The molecule has 0 bridgehead atoms.